The molecule has 1 atom stereocenters. The van der Waals surface area contributed by atoms with Gasteiger partial charge in [-0.3, -0.25) is 14.6 Å². The van der Waals surface area contributed by atoms with E-state index in [9.17, 15) is 9.59 Å². The average molecular weight is 354 g/mol. The van der Waals surface area contributed by atoms with E-state index in [0.29, 0.717) is 11.3 Å². The highest BCUT2D eigenvalue weighted by Gasteiger charge is 2.21. The van der Waals surface area contributed by atoms with Crippen LogP contribution < -0.4 is 10.6 Å². The van der Waals surface area contributed by atoms with Crippen LogP contribution in [0.4, 0.5) is 0 Å². The van der Waals surface area contributed by atoms with Gasteiger partial charge in [0.05, 0.1) is 11.6 Å². The van der Waals surface area contributed by atoms with Gasteiger partial charge in [-0.05, 0) is 17.7 Å². The summed E-state index contributed by atoms with van der Waals surface area (Å²) in [5.74, 6) is 0.383. The Hall–Kier alpha value is -2.85. The second-order valence-electron chi connectivity index (χ2n) is 5.14. The van der Waals surface area contributed by atoms with Crippen molar-refractivity contribution in [3.05, 3.63) is 66.0 Å². The number of rotatable bonds is 8. The zero-order chi connectivity index (χ0) is 17.9. The first kappa shape index (κ1) is 18.5. The summed E-state index contributed by atoms with van der Waals surface area (Å²) in [5, 5.41) is 13.8. The smallest absolute Gasteiger partial charge is 0.253 e. The van der Waals surface area contributed by atoms with E-state index in [4.69, 9.17) is 5.26 Å². The molecule has 0 aliphatic rings. The molecule has 0 bridgehead atoms. The topological polar surface area (TPSA) is 94.9 Å². The van der Waals surface area contributed by atoms with Crippen LogP contribution in [-0.2, 0) is 10.5 Å². The quantitative estimate of drug-likeness (QED) is 0.704. The number of benzene rings is 1. The van der Waals surface area contributed by atoms with Crippen molar-refractivity contribution in [2.75, 3.05) is 12.3 Å². The van der Waals surface area contributed by atoms with Crippen molar-refractivity contribution in [1.82, 2.24) is 15.6 Å². The third kappa shape index (κ3) is 6.28. The van der Waals surface area contributed by atoms with E-state index in [0.717, 1.165) is 11.3 Å². The minimum atomic E-state index is -0.727. The zero-order valence-electron chi connectivity index (χ0n) is 13.5. The van der Waals surface area contributed by atoms with Gasteiger partial charge < -0.3 is 10.6 Å². The molecule has 0 saturated heterocycles. The summed E-state index contributed by atoms with van der Waals surface area (Å²) >= 11 is 1.54. The van der Waals surface area contributed by atoms with Crippen LogP contribution in [0.25, 0.3) is 0 Å². The number of nitriles is 1. The maximum absolute atomic E-state index is 12.3. The van der Waals surface area contributed by atoms with Crippen LogP contribution in [0.2, 0.25) is 0 Å². The molecule has 1 aromatic heterocycles. The molecule has 0 unspecified atom stereocenters. The summed E-state index contributed by atoms with van der Waals surface area (Å²) < 4.78 is 0. The van der Waals surface area contributed by atoms with Crippen LogP contribution in [0, 0.1) is 11.3 Å². The van der Waals surface area contributed by atoms with Crippen LogP contribution in [0.5, 0.6) is 0 Å². The number of aromatic nitrogens is 1. The van der Waals surface area contributed by atoms with E-state index in [1.807, 2.05) is 36.4 Å². The predicted molar refractivity (Wildman–Crippen MR) is 96.7 cm³/mol. The van der Waals surface area contributed by atoms with Crippen molar-refractivity contribution in [2.24, 2.45) is 0 Å². The third-order valence-electron chi connectivity index (χ3n) is 3.28. The molecule has 25 heavy (non-hydrogen) atoms. The van der Waals surface area contributed by atoms with Crippen molar-refractivity contribution in [2.45, 2.75) is 11.8 Å². The van der Waals surface area contributed by atoms with Crippen LogP contribution >= 0.6 is 11.8 Å². The van der Waals surface area contributed by atoms with E-state index in [2.05, 4.69) is 15.6 Å². The van der Waals surface area contributed by atoms with Gasteiger partial charge in [-0.1, -0.05) is 30.3 Å². The van der Waals surface area contributed by atoms with E-state index >= 15 is 0 Å². The fraction of sp³-hybridized carbons (Fsp3) is 0.222. The highest BCUT2D eigenvalue weighted by atomic mass is 32.2. The van der Waals surface area contributed by atoms with E-state index < -0.39 is 6.04 Å². The standard InChI is InChI=1S/C18H18N4O2S/c19-8-10-21-18(24)16(13-25-12-14-5-2-1-3-6-14)22-17(23)15-7-4-9-20-11-15/h1-7,9,11,16H,10,12-13H2,(H,21,24)(H,22,23)/t16-/m0/s1. The Labute approximate surface area is 150 Å². The fourth-order valence-electron chi connectivity index (χ4n) is 2.04. The molecule has 0 radical (unpaired) electrons. The lowest BCUT2D eigenvalue weighted by molar-refractivity contribution is -0.122. The number of amides is 2. The van der Waals surface area contributed by atoms with Crippen LogP contribution in [0.1, 0.15) is 15.9 Å². The summed E-state index contributed by atoms with van der Waals surface area (Å²) in [6, 6.07) is 14.3. The van der Waals surface area contributed by atoms with Gasteiger partial charge in [0.2, 0.25) is 5.91 Å². The number of carbonyl (C=O) groups excluding carboxylic acids is 2. The number of hydrogen-bond donors (Lipinski definition) is 2. The maximum atomic E-state index is 12.3. The van der Waals surface area contributed by atoms with Crippen molar-refractivity contribution in [1.29, 1.82) is 5.26 Å². The molecule has 6 nitrogen and oxygen atoms in total. The minimum Gasteiger partial charge on any atom is -0.341 e. The maximum Gasteiger partial charge on any atom is 0.253 e. The molecule has 0 spiro atoms. The lowest BCUT2D eigenvalue weighted by Gasteiger charge is -2.17. The molecule has 0 saturated carbocycles. The zero-order valence-corrected chi connectivity index (χ0v) is 14.3. The Kier molecular flexibility index (Phi) is 7.47. The average Bonchev–Trinajstić information content (AvgIpc) is 2.66. The summed E-state index contributed by atoms with van der Waals surface area (Å²) in [6.45, 7) is -0.0958. The number of nitrogens with zero attached hydrogens (tertiary/aromatic N) is 2. The molecule has 2 amide bonds. The van der Waals surface area contributed by atoms with E-state index in [-0.39, 0.29) is 18.4 Å². The second-order valence-corrected chi connectivity index (χ2v) is 6.17. The monoisotopic (exact) mass is 354 g/mol. The van der Waals surface area contributed by atoms with Crippen molar-refractivity contribution in [3.8, 4) is 6.07 Å². The molecule has 2 aromatic rings. The van der Waals surface area contributed by atoms with Gasteiger partial charge in [0.1, 0.15) is 12.6 Å². The van der Waals surface area contributed by atoms with Crippen molar-refractivity contribution in [3.63, 3.8) is 0 Å². The lowest BCUT2D eigenvalue weighted by atomic mass is 10.2. The molecule has 0 fully saturated rings. The largest absolute Gasteiger partial charge is 0.341 e. The Morgan fingerprint density at radius 2 is 2.00 bits per heavy atom. The van der Waals surface area contributed by atoms with Gasteiger partial charge in [-0.25, -0.2) is 0 Å². The SMILES string of the molecule is N#CCNC(=O)[C@H](CSCc1ccccc1)NC(=O)c1cccnc1. The Morgan fingerprint density at radius 1 is 1.20 bits per heavy atom. The van der Waals surface area contributed by atoms with Crippen molar-refractivity contribution < 1.29 is 9.59 Å². The molecular formula is C18H18N4O2S. The molecule has 1 aromatic carbocycles. The van der Waals surface area contributed by atoms with Gasteiger partial charge in [-0.15, -0.1) is 0 Å². The number of pyridine rings is 1. The van der Waals surface area contributed by atoms with Gasteiger partial charge in [-0.2, -0.15) is 17.0 Å². The van der Waals surface area contributed by atoms with Crippen LogP contribution in [-0.4, -0.2) is 35.1 Å². The van der Waals surface area contributed by atoms with Crippen LogP contribution in [0.3, 0.4) is 0 Å². The molecule has 1 heterocycles. The summed E-state index contributed by atoms with van der Waals surface area (Å²) in [5.41, 5.74) is 1.52. The Balaban J connectivity index is 1.96. The molecule has 2 N–H and O–H groups in total. The minimum absolute atomic E-state index is 0.0958. The molecule has 7 heteroatoms. The summed E-state index contributed by atoms with van der Waals surface area (Å²) in [6.07, 6.45) is 3.01. The predicted octanol–water partition coefficient (Wildman–Crippen LogP) is 1.75. The Morgan fingerprint density at radius 3 is 2.68 bits per heavy atom. The lowest BCUT2D eigenvalue weighted by Crippen LogP contribution is -2.48. The highest BCUT2D eigenvalue weighted by Crippen LogP contribution is 2.13. The number of carbonyl (C=O) groups is 2. The number of hydrogen-bond acceptors (Lipinski definition) is 5. The van der Waals surface area contributed by atoms with Gasteiger partial charge in [0.25, 0.3) is 5.91 Å². The fourth-order valence-corrected chi connectivity index (χ4v) is 3.06. The molecule has 0 aliphatic heterocycles. The first-order chi connectivity index (χ1) is 12.2. The molecular weight excluding hydrogens is 336 g/mol. The Bertz CT molecular complexity index is 732. The van der Waals surface area contributed by atoms with Crippen molar-refractivity contribution >= 4 is 23.6 Å². The normalized spacial score (nSPS) is 11.2. The van der Waals surface area contributed by atoms with E-state index in [1.165, 1.54) is 18.0 Å². The first-order valence-corrected chi connectivity index (χ1v) is 8.83. The molecule has 128 valence electrons. The van der Waals surface area contributed by atoms with Crippen LogP contribution in [0.15, 0.2) is 54.9 Å². The van der Waals surface area contributed by atoms with Gasteiger partial charge in [0, 0.05) is 23.9 Å². The number of nitrogens with one attached hydrogen (secondary N) is 2. The summed E-state index contributed by atoms with van der Waals surface area (Å²) in [7, 11) is 0. The summed E-state index contributed by atoms with van der Waals surface area (Å²) in [4.78, 5) is 28.4. The first-order valence-electron chi connectivity index (χ1n) is 7.68. The van der Waals surface area contributed by atoms with E-state index in [1.54, 1.807) is 18.3 Å². The number of thioether (sulfide) groups is 1. The third-order valence-corrected chi connectivity index (χ3v) is 4.39. The van der Waals surface area contributed by atoms with Gasteiger partial charge >= 0.3 is 0 Å². The highest BCUT2D eigenvalue weighted by molar-refractivity contribution is 7.98. The molecule has 0 aliphatic carbocycles. The molecule has 2 rings (SSSR count). The van der Waals surface area contributed by atoms with Gasteiger partial charge in [0.15, 0.2) is 0 Å². The second kappa shape index (κ2) is 10.1.